The summed E-state index contributed by atoms with van der Waals surface area (Å²) >= 11 is 5.45. The van der Waals surface area contributed by atoms with Crippen molar-refractivity contribution in [2.75, 3.05) is 37.1 Å². The van der Waals surface area contributed by atoms with Crippen LogP contribution in [0.2, 0.25) is 0 Å². The first-order chi connectivity index (χ1) is 8.81. The molecule has 1 N–H and O–H groups in total. The van der Waals surface area contributed by atoms with Gasteiger partial charge in [-0.15, -0.1) is 11.6 Å². The fourth-order valence-electron chi connectivity index (χ4n) is 1.87. The highest BCUT2D eigenvalue weighted by molar-refractivity contribution is 6.27. The number of aromatic nitrogens is 1. The SMILES string of the molecule is O=C(CCl)NCc1cccnc1N1CCOCC1. The maximum Gasteiger partial charge on any atom is 0.235 e. The van der Waals surface area contributed by atoms with Gasteiger partial charge in [0.2, 0.25) is 5.91 Å². The van der Waals surface area contributed by atoms with E-state index in [4.69, 9.17) is 16.3 Å². The molecular weight excluding hydrogens is 254 g/mol. The molecular formula is C12H16ClN3O2. The number of anilines is 1. The number of hydrogen-bond donors (Lipinski definition) is 1. The van der Waals surface area contributed by atoms with Gasteiger partial charge in [-0.05, 0) is 6.07 Å². The van der Waals surface area contributed by atoms with Gasteiger partial charge in [0, 0.05) is 31.4 Å². The van der Waals surface area contributed by atoms with Crippen LogP contribution in [0.5, 0.6) is 0 Å². The molecule has 1 saturated heterocycles. The van der Waals surface area contributed by atoms with Crippen molar-refractivity contribution in [3.05, 3.63) is 23.9 Å². The van der Waals surface area contributed by atoms with E-state index < -0.39 is 0 Å². The number of amides is 1. The molecule has 0 aromatic carbocycles. The standard InChI is InChI=1S/C12H16ClN3O2/c13-8-11(17)15-9-10-2-1-3-14-12(10)16-4-6-18-7-5-16/h1-3H,4-9H2,(H,15,17). The predicted molar refractivity (Wildman–Crippen MR) is 69.8 cm³/mol. The van der Waals surface area contributed by atoms with Gasteiger partial charge >= 0.3 is 0 Å². The van der Waals surface area contributed by atoms with Crippen molar-refractivity contribution in [1.82, 2.24) is 10.3 Å². The lowest BCUT2D eigenvalue weighted by Crippen LogP contribution is -2.38. The molecule has 0 saturated carbocycles. The Balaban J connectivity index is 2.06. The highest BCUT2D eigenvalue weighted by Crippen LogP contribution is 2.18. The number of rotatable bonds is 4. The molecule has 0 bridgehead atoms. The molecule has 98 valence electrons. The minimum absolute atomic E-state index is 0.0207. The van der Waals surface area contributed by atoms with Crippen LogP contribution in [0, 0.1) is 0 Å². The number of hydrogen-bond acceptors (Lipinski definition) is 4. The number of carbonyl (C=O) groups excluding carboxylic acids is 1. The summed E-state index contributed by atoms with van der Waals surface area (Å²) in [5.74, 6) is 0.719. The fraction of sp³-hybridized carbons (Fsp3) is 0.500. The number of morpholine rings is 1. The van der Waals surface area contributed by atoms with E-state index in [-0.39, 0.29) is 11.8 Å². The zero-order valence-corrected chi connectivity index (χ0v) is 10.8. The van der Waals surface area contributed by atoms with E-state index in [9.17, 15) is 4.79 Å². The smallest absolute Gasteiger partial charge is 0.235 e. The number of halogens is 1. The van der Waals surface area contributed by atoms with Crippen LogP contribution >= 0.6 is 11.6 Å². The Morgan fingerprint density at radius 3 is 3.00 bits per heavy atom. The third kappa shape index (κ3) is 3.34. The quantitative estimate of drug-likeness (QED) is 0.821. The second-order valence-electron chi connectivity index (χ2n) is 4.00. The van der Waals surface area contributed by atoms with Crippen LogP contribution in [-0.2, 0) is 16.1 Å². The lowest BCUT2D eigenvalue weighted by molar-refractivity contribution is -0.118. The largest absolute Gasteiger partial charge is 0.378 e. The topological polar surface area (TPSA) is 54.5 Å². The molecule has 18 heavy (non-hydrogen) atoms. The van der Waals surface area contributed by atoms with Gasteiger partial charge in [-0.2, -0.15) is 0 Å². The third-order valence-corrected chi connectivity index (χ3v) is 3.02. The molecule has 0 atom stereocenters. The van der Waals surface area contributed by atoms with Gasteiger partial charge in [-0.1, -0.05) is 6.07 Å². The summed E-state index contributed by atoms with van der Waals surface area (Å²) in [6.07, 6.45) is 1.76. The number of ether oxygens (including phenoxy) is 1. The number of carbonyl (C=O) groups is 1. The van der Waals surface area contributed by atoms with Crippen molar-refractivity contribution >= 4 is 23.3 Å². The molecule has 0 radical (unpaired) electrons. The number of pyridine rings is 1. The Morgan fingerprint density at radius 1 is 1.50 bits per heavy atom. The van der Waals surface area contributed by atoms with Gasteiger partial charge in [0.05, 0.1) is 13.2 Å². The highest BCUT2D eigenvalue weighted by atomic mass is 35.5. The molecule has 0 spiro atoms. The Kier molecular flexibility index (Phi) is 4.78. The second-order valence-corrected chi connectivity index (χ2v) is 4.26. The molecule has 1 aromatic heterocycles. The van der Waals surface area contributed by atoms with Crippen LogP contribution in [0.25, 0.3) is 0 Å². The van der Waals surface area contributed by atoms with Crippen LogP contribution in [0.4, 0.5) is 5.82 Å². The predicted octanol–water partition coefficient (Wildman–Crippen LogP) is 0.773. The summed E-state index contributed by atoms with van der Waals surface area (Å²) in [4.78, 5) is 17.7. The number of alkyl halides is 1. The Morgan fingerprint density at radius 2 is 2.28 bits per heavy atom. The summed E-state index contributed by atoms with van der Waals surface area (Å²) in [7, 11) is 0. The molecule has 5 nitrogen and oxygen atoms in total. The van der Waals surface area contributed by atoms with Crippen molar-refractivity contribution in [2.24, 2.45) is 0 Å². The van der Waals surface area contributed by atoms with Crippen LogP contribution in [0.1, 0.15) is 5.56 Å². The van der Waals surface area contributed by atoms with E-state index in [1.807, 2.05) is 12.1 Å². The van der Waals surface area contributed by atoms with Gasteiger partial charge in [-0.25, -0.2) is 4.98 Å². The van der Waals surface area contributed by atoms with Crippen LogP contribution < -0.4 is 10.2 Å². The van der Waals surface area contributed by atoms with E-state index in [2.05, 4.69) is 15.2 Å². The molecule has 1 aliphatic rings. The Hall–Kier alpha value is -1.33. The van der Waals surface area contributed by atoms with Crippen molar-refractivity contribution in [2.45, 2.75) is 6.54 Å². The highest BCUT2D eigenvalue weighted by Gasteiger charge is 2.15. The minimum Gasteiger partial charge on any atom is -0.378 e. The van der Waals surface area contributed by atoms with E-state index >= 15 is 0 Å². The van der Waals surface area contributed by atoms with Gasteiger partial charge in [0.15, 0.2) is 0 Å². The second kappa shape index (κ2) is 6.56. The molecule has 6 heteroatoms. The first-order valence-corrected chi connectivity index (χ1v) is 6.44. The lowest BCUT2D eigenvalue weighted by Gasteiger charge is -2.29. The van der Waals surface area contributed by atoms with Gasteiger partial charge in [0.1, 0.15) is 11.7 Å². The first-order valence-electron chi connectivity index (χ1n) is 5.90. The van der Waals surface area contributed by atoms with Crippen LogP contribution in [-0.4, -0.2) is 43.1 Å². The van der Waals surface area contributed by atoms with Crippen LogP contribution in [0.15, 0.2) is 18.3 Å². The van der Waals surface area contributed by atoms with Crippen molar-refractivity contribution in [1.29, 1.82) is 0 Å². The van der Waals surface area contributed by atoms with Crippen molar-refractivity contribution in [3.8, 4) is 0 Å². The molecule has 1 aliphatic heterocycles. The van der Waals surface area contributed by atoms with Crippen molar-refractivity contribution in [3.63, 3.8) is 0 Å². The minimum atomic E-state index is -0.173. The van der Waals surface area contributed by atoms with E-state index in [0.717, 1.165) is 24.5 Å². The first kappa shape index (κ1) is 13.1. The Labute approximate surface area is 111 Å². The van der Waals surface area contributed by atoms with Crippen molar-refractivity contribution < 1.29 is 9.53 Å². The lowest BCUT2D eigenvalue weighted by atomic mass is 10.2. The maximum atomic E-state index is 11.2. The van der Waals surface area contributed by atoms with Gasteiger partial charge in [-0.3, -0.25) is 4.79 Å². The maximum absolute atomic E-state index is 11.2. The summed E-state index contributed by atoms with van der Waals surface area (Å²) in [5, 5.41) is 2.76. The normalized spacial score (nSPS) is 15.5. The third-order valence-electron chi connectivity index (χ3n) is 2.78. The van der Waals surface area contributed by atoms with Gasteiger partial charge < -0.3 is 15.0 Å². The average Bonchev–Trinajstić information content (AvgIpc) is 2.46. The van der Waals surface area contributed by atoms with E-state index in [1.165, 1.54) is 0 Å². The molecule has 2 heterocycles. The zero-order valence-electron chi connectivity index (χ0n) is 10.1. The zero-order chi connectivity index (χ0) is 12.8. The summed E-state index contributed by atoms with van der Waals surface area (Å²) < 4.78 is 5.32. The van der Waals surface area contributed by atoms with E-state index in [0.29, 0.717) is 19.8 Å². The number of nitrogens with zero attached hydrogens (tertiary/aromatic N) is 2. The van der Waals surface area contributed by atoms with E-state index in [1.54, 1.807) is 6.20 Å². The molecule has 0 aliphatic carbocycles. The van der Waals surface area contributed by atoms with Crippen LogP contribution in [0.3, 0.4) is 0 Å². The Bertz CT molecular complexity index is 408. The monoisotopic (exact) mass is 269 g/mol. The summed E-state index contributed by atoms with van der Waals surface area (Å²) in [6.45, 7) is 3.53. The number of nitrogens with one attached hydrogen (secondary N) is 1. The molecule has 1 aromatic rings. The molecule has 1 amide bonds. The molecule has 2 rings (SSSR count). The molecule has 1 fully saturated rings. The summed E-state index contributed by atoms with van der Waals surface area (Å²) in [6, 6.07) is 3.83. The fourth-order valence-corrected chi connectivity index (χ4v) is 1.96. The van der Waals surface area contributed by atoms with Gasteiger partial charge in [0.25, 0.3) is 0 Å². The summed E-state index contributed by atoms with van der Waals surface area (Å²) in [5.41, 5.74) is 0.998. The average molecular weight is 270 g/mol. The molecule has 0 unspecified atom stereocenters.